The number of nitrogens with one attached hydrogen (secondary N) is 3. The van der Waals surface area contributed by atoms with Crippen LogP contribution in [0.15, 0.2) is 47.6 Å². The number of hydrogen-bond donors (Lipinski definition) is 3. The van der Waals surface area contributed by atoms with Crippen molar-refractivity contribution in [2.45, 2.75) is 25.4 Å². The lowest BCUT2D eigenvalue weighted by atomic mass is 10.0. The van der Waals surface area contributed by atoms with Crippen LogP contribution in [0.1, 0.15) is 30.5 Å². The van der Waals surface area contributed by atoms with Crippen molar-refractivity contribution in [2.75, 3.05) is 6.61 Å². The SMILES string of the molecule is CCOc1ccccc1C1CC(C(=O)N/N=C/c2c(Cl)cccc2Cl)NN1. The number of carbonyl (C=O) groups is 1. The molecule has 27 heavy (non-hydrogen) atoms. The minimum atomic E-state index is -0.427. The number of hydrazone groups is 1. The van der Waals surface area contributed by atoms with Crippen molar-refractivity contribution in [1.82, 2.24) is 16.3 Å². The topological polar surface area (TPSA) is 74.8 Å². The smallest absolute Gasteiger partial charge is 0.258 e. The summed E-state index contributed by atoms with van der Waals surface area (Å²) in [4.78, 5) is 12.4. The molecular weight excluding hydrogens is 387 g/mol. The van der Waals surface area contributed by atoms with Crippen LogP contribution >= 0.6 is 23.2 Å². The molecule has 2 aromatic carbocycles. The summed E-state index contributed by atoms with van der Waals surface area (Å²) in [5.74, 6) is 0.560. The Morgan fingerprint density at radius 2 is 1.96 bits per heavy atom. The summed E-state index contributed by atoms with van der Waals surface area (Å²) in [6.07, 6.45) is 2.01. The summed E-state index contributed by atoms with van der Waals surface area (Å²) in [7, 11) is 0. The van der Waals surface area contributed by atoms with Gasteiger partial charge in [0.15, 0.2) is 0 Å². The van der Waals surface area contributed by atoms with Gasteiger partial charge in [0.05, 0.1) is 28.9 Å². The molecule has 142 valence electrons. The van der Waals surface area contributed by atoms with Gasteiger partial charge in [0.1, 0.15) is 11.8 Å². The zero-order valence-corrected chi connectivity index (χ0v) is 16.2. The first kappa shape index (κ1) is 19.6. The molecule has 3 rings (SSSR count). The molecule has 0 radical (unpaired) electrons. The summed E-state index contributed by atoms with van der Waals surface area (Å²) in [5, 5.41) is 4.90. The van der Waals surface area contributed by atoms with Crippen LogP contribution in [0.5, 0.6) is 5.75 Å². The molecule has 0 aromatic heterocycles. The third-order valence-corrected chi connectivity index (χ3v) is 4.84. The lowest BCUT2D eigenvalue weighted by Gasteiger charge is -2.15. The lowest BCUT2D eigenvalue weighted by molar-refractivity contribution is -0.122. The van der Waals surface area contributed by atoms with Gasteiger partial charge in [-0.15, -0.1) is 0 Å². The van der Waals surface area contributed by atoms with E-state index < -0.39 is 6.04 Å². The average molecular weight is 407 g/mol. The Bertz CT molecular complexity index is 824. The van der Waals surface area contributed by atoms with Gasteiger partial charge in [0, 0.05) is 11.1 Å². The van der Waals surface area contributed by atoms with Crippen LogP contribution in [0.3, 0.4) is 0 Å². The molecule has 3 N–H and O–H groups in total. The molecule has 6 nitrogen and oxygen atoms in total. The summed E-state index contributed by atoms with van der Waals surface area (Å²) in [6, 6.07) is 12.5. The Morgan fingerprint density at radius 1 is 1.22 bits per heavy atom. The highest BCUT2D eigenvalue weighted by Crippen LogP contribution is 2.30. The fourth-order valence-electron chi connectivity index (χ4n) is 2.86. The number of benzene rings is 2. The van der Waals surface area contributed by atoms with Crippen molar-refractivity contribution in [3.05, 3.63) is 63.6 Å². The first-order chi connectivity index (χ1) is 13.1. The summed E-state index contributed by atoms with van der Waals surface area (Å²) in [5.41, 5.74) is 10.2. The molecule has 1 fully saturated rings. The number of halogens is 2. The average Bonchev–Trinajstić information content (AvgIpc) is 3.15. The highest BCUT2D eigenvalue weighted by atomic mass is 35.5. The van der Waals surface area contributed by atoms with Gasteiger partial charge in [-0.2, -0.15) is 5.10 Å². The first-order valence-corrected chi connectivity index (χ1v) is 9.35. The van der Waals surface area contributed by atoms with E-state index in [0.717, 1.165) is 11.3 Å². The molecule has 1 aliphatic heterocycles. The Morgan fingerprint density at radius 3 is 2.70 bits per heavy atom. The molecule has 2 aromatic rings. The molecule has 1 saturated heterocycles. The predicted molar refractivity (Wildman–Crippen MR) is 107 cm³/mol. The van der Waals surface area contributed by atoms with Crippen molar-refractivity contribution in [3.63, 3.8) is 0 Å². The Balaban J connectivity index is 1.61. The molecule has 0 spiro atoms. The number of ether oxygens (including phenoxy) is 1. The van der Waals surface area contributed by atoms with Gasteiger partial charge in [0.25, 0.3) is 5.91 Å². The van der Waals surface area contributed by atoms with Crippen molar-refractivity contribution in [1.29, 1.82) is 0 Å². The van der Waals surface area contributed by atoms with Crippen LogP contribution in [-0.2, 0) is 4.79 Å². The summed E-state index contributed by atoms with van der Waals surface area (Å²) < 4.78 is 5.66. The summed E-state index contributed by atoms with van der Waals surface area (Å²) >= 11 is 12.2. The van der Waals surface area contributed by atoms with E-state index >= 15 is 0 Å². The molecule has 0 saturated carbocycles. The number of carbonyl (C=O) groups excluding carboxylic acids is 1. The van der Waals surface area contributed by atoms with E-state index in [4.69, 9.17) is 27.9 Å². The third-order valence-electron chi connectivity index (χ3n) is 4.18. The molecule has 0 aliphatic carbocycles. The number of para-hydroxylation sites is 1. The molecule has 1 heterocycles. The largest absolute Gasteiger partial charge is 0.494 e. The highest BCUT2D eigenvalue weighted by Gasteiger charge is 2.31. The van der Waals surface area contributed by atoms with E-state index in [2.05, 4.69) is 21.4 Å². The Hall–Kier alpha value is -2.12. The van der Waals surface area contributed by atoms with Gasteiger partial charge in [-0.3, -0.25) is 4.79 Å². The Labute approximate surface area is 167 Å². The van der Waals surface area contributed by atoms with Gasteiger partial charge >= 0.3 is 0 Å². The molecule has 1 amide bonds. The molecule has 2 atom stereocenters. The maximum Gasteiger partial charge on any atom is 0.258 e. The van der Waals surface area contributed by atoms with E-state index in [9.17, 15) is 4.79 Å². The number of rotatable bonds is 6. The second kappa shape index (κ2) is 9.19. The fourth-order valence-corrected chi connectivity index (χ4v) is 3.35. The van der Waals surface area contributed by atoms with Crippen molar-refractivity contribution in [3.8, 4) is 5.75 Å². The molecule has 2 unspecified atom stereocenters. The minimum Gasteiger partial charge on any atom is -0.494 e. The van der Waals surface area contributed by atoms with Crippen molar-refractivity contribution < 1.29 is 9.53 Å². The van der Waals surface area contributed by atoms with Crippen LogP contribution in [0.4, 0.5) is 0 Å². The normalized spacial score (nSPS) is 19.4. The van der Waals surface area contributed by atoms with Gasteiger partial charge in [-0.05, 0) is 31.5 Å². The second-order valence-electron chi connectivity index (χ2n) is 5.97. The van der Waals surface area contributed by atoms with Gasteiger partial charge in [0.2, 0.25) is 0 Å². The number of nitrogens with zero attached hydrogens (tertiary/aromatic N) is 1. The van der Waals surface area contributed by atoms with Crippen LogP contribution < -0.4 is 21.0 Å². The zero-order chi connectivity index (χ0) is 19.2. The monoisotopic (exact) mass is 406 g/mol. The minimum absolute atomic E-state index is 0.0366. The third kappa shape index (κ3) is 4.78. The zero-order valence-electron chi connectivity index (χ0n) is 14.7. The van der Waals surface area contributed by atoms with E-state index in [1.165, 1.54) is 6.21 Å². The lowest BCUT2D eigenvalue weighted by Crippen LogP contribution is -2.41. The Kier molecular flexibility index (Phi) is 6.68. The van der Waals surface area contributed by atoms with E-state index in [1.54, 1.807) is 18.2 Å². The molecule has 0 bridgehead atoms. The second-order valence-corrected chi connectivity index (χ2v) is 6.78. The molecule has 8 heteroatoms. The molecular formula is C19H20Cl2N4O2. The number of hydrazine groups is 1. The van der Waals surface area contributed by atoms with Crippen LogP contribution in [0.2, 0.25) is 10.0 Å². The highest BCUT2D eigenvalue weighted by molar-refractivity contribution is 6.38. The van der Waals surface area contributed by atoms with Crippen LogP contribution in [0.25, 0.3) is 0 Å². The standard InChI is InChI=1S/C19H20Cl2N4O2/c1-2-27-18-9-4-3-6-12(18)16-10-17(24-23-16)19(26)25-22-11-13-14(20)7-5-8-15(13)21/h3-9,11,16-17,23-24H,2,10H2,1H3,(H,25,26)/b22-11+. The maximum atomic E-state index is 12.4. The van der Waals surface area contributed by atoms with Gasteiger partial charge in [-0.1, -0.05) is 47.5 Å². The predicted octanol–water partition coefficient (Wildman–Crippen LogP) is 3.45. The quantitative estimate of drug-likeness (QED) is 0.507. The summed E-state index contributed by atoms with van der Waals surface area (Å²) in [6.45, 7) is 2.52. The maximum absolute atomic E-state index is 12.4. The van der Waals surface area contributed by atoms with Gasteiger partial charge in [-0.25, -0.2) is 16.3 Å². The van der Waals surface area contributed by atoms with Crippen molar-refractivity contribution >= 4 is 35.3 Å². The van der Waals surface area contributed by atoms with Crippen LogP contribution in [-0.4, -0.2) is 24.8 Å². The van der Waals surface area contributed by atoms with E-state index in [1.807, 2.05) is 31.2 Å². The van der Waals surface area contributed by atoms with E-state index in [-0.39, 0.29) is 11.9 Å². The van der Waals surface area contributed by atoms with E-state index in [0.29, 0.717) is 28.6 Å². The molecule has 1 aliphatic rings. The first-order valence-electron chi connectivity index (χ1n) is 8.60. The number of amides is 1. The van der Waals surface area contributed by atoms with Crippen LogP contribution in [0, 0.1) is 0 Å². The van der Waals surface area contributed by atoms with Crippen molar-refractivity contribution in [2.24, 2.45) is 5.10 Å². The number of hydrogen-bond acceptors (Lipinski definition) is 5. The fraction of sp³-hybridized carbons (Fsp3) is 0.263. The van der Waals surface area contributed by atoms with Gasteiger partial charge < -0.3 is 4.74 Å².